The Bertz CT molecular complexity index is 8.00. The molecule has 0 heterocycles. The molecule has 0 aliphatic rings. The minimum absolute atomic E-state index is 0. The molecule has 0 aromatic carbocycles. The molecule has 0 spiro atoms. The van der Waals surface area contributed by atoms with Crippen LogP contribution in [0.5, 0.6) is 0 Å². The van der Waals surface area contributed by atoms with Gasteiger partial charge in [-0.25, -0.2) is 0 Å². The van der Waals surface area contributed by atoms with Gasteiger partial charge in [0, 0.05) is 0 Å². The Balaban J connectivity index is -0.00000000500. The van der Waals surface area contributed by atoms with Crippen LogP contribution < -0.4 is 0 Å². The summed E-state index contributed by atoms with van der Waals surface area (Å²) in [5.41, 5.74) is 0. The molecule has 0 saturated carbocycles. The third kappa shape index (κ3) is 12.9. The predicted octanol–water partition coefficient (Wildman–Crippen LogP) is 0.453. The Morgan fingerprint density at radius 3 is 1.25 bits per heavy atom. The van der Waals surface area contributed by atoms with Crippen LogP contribution >= 0.6 is 12.4 Å². The van der Waals surface area contributed by atoms with Gasteiger partial charge in [-0.2, -0.15) is 0 Å². The third-order valence-corrected chi connectivity index (χ3v) is 0. The molecule has 0 aliphatic heterocycles. The molecule has 0 aliphatic carbocycles. The van der Waals surface area contributed by atoms with E-state index in [9.17, 15) is 0 Å². The van der Waals surface area contributed by atoms with Crippen LogP contribution in [-0.2, 0) is 27.5 Å². The Morgan fingerprint density at radius 2 is 1.25 bits per heavy atom. The summed E-state index contributed by atoms with van der Waals surface area (Å²) in [6.07, 6.45) is 0. The first kappa shape index (κ1) is 20.6. The molecule has 0 atom stereocenters. The van der Waals surface area contributed by atoms with Crippen LogP contribution in [0.1, 0.15) is 0 Å². The van der Waals surface area contributed by atoms with Gasteiger partial charge in [-0.05, 0) is 0 Å². The van der Waals surface area contributed by atoms with E-state index in [4.69, 9.17) is 2.81 Å². The van der Waals surface area contributed by atoms with E-state index >= 15 is 0 Å². The zero-order valence-corrected chi connectivity index (χ0v) is 5.00. The molecule has 0 radical (unpaired) electrons. The van der Waals surface area contributed by atoms with Crippen molar-refractivity contribution in [3.05, 3.63) is 0 Å². The molecule has 0 amide bonds. The predicted molar refractivity (Wildman–Crippen MR) is 10.4 cm³/mol. The van der Waals surface area contributed by atoms with Crippen LogP contribution in [0.15, 0.2) is 0 Å². The number of rotatable bonds is 0. The number of halogens is 2. The summed E-state index contributed by atoms with van der Waals surface area (Å²) >= 11 is 0.300. The van der Waals surface area contributed by atoms with Gasteiger partial charge in [0.25, 0.3) is 0 Å². The summed E-state index contributed by atoms with van der Waals surface area (Å²) in [7, 11) is 0. The van der Waals surface area contributed by atoms with Gasteiger partial charge < -0.3 is 0 Å². The molecule has 4 heavy (non-hydrogen) atoms. The van der Waals surface area contributed by atoms with Crippen molar-refractivity contribution < 1.29 is 32.2 Å². The van der Waals surface area contributed by atoms with Gasteiger partial charge in [0.15, 0.2) is 0 Å². The van der Waals surface area contributed by atoms with Crippen molar-refractivity contribution in [3.8, 4) is 0 Å². The van der Waals surface area contributed by atoms with E-state index in [2.05, 4.69) is 0 Å². The molecule has 0 aromatic heterocycles. The molecule has 0 aromatic rings. The van der Waals surface area contributed by atoms with Gasteiger partial charge in [-0.1, -0.05) is 0 Å². The van der Waals surface area contributed by atoms with Crippen LogP contribution in [0.2, 0.25) is 0 Å². The summed E-state index contributed by atoms with van der Waals surface area (Å²) in [4.78, 5) is 0. The van der Waals surface area contributed by atoms with E-state index in [1.807, 2.05) is 0 Å². The van der Waals surface area contributed by atoms with E-state index in [-0.39, 0.29) is 17.1 Å². The van der Waals surface area contributed by atoms with E-state index in [1.54, 1.807) is 0 Å². The van der Waals surface area contributed by atoms with Crippen molar-refractivity contribution in [3.63, 3.8) is 0 Å². The van der Waals surface area contributed by atoms with Crippen molar-refractivity contribution in [1.82, 2.24) is 0 Å². The Hall–Kier alpha value is 0.903. The second-order valence-electron chi connectivity index (χ2n) is 0. The molecule has 0 bridgehead atoms. The average Bonchev–Trinajstić information content (AvgIpc) is 1.00. The van der Waals surface area contributed by atoms with Crippen molar-refractivity contribution >= 4 is 12.4 Å². The van der Waals surface area contributed by atoms with Crippen LogP contribution in [0.3, 0.4) is 0 Å². The molecule has 4 heteroatoms. The fourth-order valence-electron chi connectivity index (χ4n) is 0. The van der Waals surface area contributed by atoms with Crippen molar-refractivity contribution in [2.24, 2.45) is 0 Å². The first-order valence-corrected chi connectivity index (χ1v) is 1.21. The molecular formula is H2ClFOZr. The fraction of sp³-hybridized carbons (Fsp3) is 0. The summed E-state index contributed by atoms with van der Waals surface area (Å²) in [5.74, 6) is 0. The zero-order valence-electron chi connectivity index (χ0n) is 1.72. The van der Waals surface area contributed by atoms with Gasteiger partial charge in [-0.15, -0.1) is 12.4 Å². The number of hydrogen-bond acceptors (Lipinski definition) is 1. The van der Waals surface area contributed by atoms with Crippen LogP contribution in [0.4, 0.5) is 4.70 Å². The Morgan fingerprint density at radius 1 is 1.25 bits per heavy atom. The van der Waals surface area contributed by atoms with Crippen molar-refractivity contribution in [1.29, 1.82) is 0 Å². The monoisotopic (exact) mass is 162 g/mol. The van der Waals surface area contributed by atoms with Crippen LogP contribution in [-0.4, -0.2) is 0 Å². The summed E-state index contributed by atoms with van der Waals surface area (Å²) in [6.45, 7) is 0. The van der Waals surface area contributed by atoms with Crippen LogP contribution in [0.25, 0.3) is 0 Å². The molecular weight excluding hydrogens is 162 g/mol. The van der Waals surface area contributed by atoms with Crippen molar-refractivity contribution in [2.75, 3.05) is 0 Å². The normalized spacial score (nSPS) is 0.750. The van der Waals surface area contributed by atoms with E-state index in [1.165, 1.54) is 0 Å². The first-order chi connectivity index (χ1) is 1.00. The Labute approximate surface area is 44.8 Å². The SMILES string of the molecule is Cl.F.[O]=[Zr]. The summed E-state index contributed by atoms with van der Waals surface area (Å²) in [5, 5.41) is 0. The molecule has 0 unspecified atom stereocenters. The fourth-order valence-corrected chi connectivity index (χ4v) is 0. The summed E-state index contributed by atoms with van der Waals surface area (Å²) < 4.78 is 8.34. The second-order valence-corrected chi connectivity index (χ2v) is 0. The van der Waals surface area contributed by atoms with Crippen molar-refractivity contribution in [2.45, 2.75) is 0 Å². The van der Waals surface area contributed by atoms with Gasteiger partial charge >= 0.3 is 27.5 Å². The number of hydrogen-bond donors (Lipinski definition) is 0. The van der Waals surface area contributed by atoms with E-state index in [0.717, 1.165) is 0 Å². The summed E-state index contributed by atoms with van der Waals surface area (Å²) in [6, 6.07) is 0. The molecule has 0 N–H and O–H groups in total. The second kappa shape index (κ2) is 40.3. The van der Waals surface area contributed by atoms with Gasteiger partial charge in [-0.3, -0.25) is 4.70 Å². The Kier molecular flexibility index (Phi) is 208. The maximum absolute atomic E-state index is 8.34. The van der Waals surface area contributed by atoms with E-state index < -0.39 is 0 Å². The van der Waals surface area contributed by atoms with Gasteiger partial charge in [0.1, 0.15) is 0 Å². The third-order valence-electron chi connectivity index (χ3n) is 0. The topological polar surface area (TPSA) is 17.1 Å². The molecule has 1 nitrogen and oxygen atoms in total. The molecule has 26 valence electrons. The van der Waals surface area contributed by atoms with Gasteiger partial charge in [0.05, 0.1) is 0 Å². The quantitative estimate of drug-likeness (QED) is 0.507. The average molecular weight is 164 g/mol. The standard InChI is InChI=1S/ClH.FH.O.Zr/h2*1H;;. The van der Waals surface area contributed by atoms with Crippen LogP contribution in [0, 0.1) is 0 Å². The van der Waals surface area contributed by atoms with E-state index in [0.29, 0.717) is 24.7 Å². The molecule has 0 rings (SSSR count). The van der Waals surface area contributed by atoms with Gasteiger partial charge in [0.2, 0.25) is 0 Å². The first-order valence-electron chi connectivity index (χ1n) is 0.204. The molecule has 0 fully saturated rings. The zero-order chi connectivity index (χ0) is 2.00. The molecule has 0 saturated heterocycles. The minimum atomic E-state index is 0. The maximum atomic E-state index is 8.34.